The van der Waals surface area contributed by atoms with Crippen LogP contribution in [0.4, 0.5) is 0 Å². The molecule has 0 saturated carbocycles. The highest BCUT2D eigenvalue weighted by atomic mass is 16.3. The number of likely N-dealkylation sites (N-methyl/N-ethyl adjacent to an activating group) is 1. The predicted molar refractivity (Wildman–Crippen MR) is 72.5 cm³/mol. The van der Waals surface area contributed by atoms with E-state index in [4.69, 9.17) is 4.42 Å². The average Bonchev–Trinajstić information content (AvgIpc) is 2.78. The molecule has 2 aromatic rings. The fourth-order valence-electron chi connectivity index (χ4n) is 1.99. The monoisotopic (exact) mass is 244 g/mol. The molecule has 0 radical (unpaired) electrons. The van der Waals surface area contributed by atoms with E-state index in [0.717, 1.165) is 30.2 Å². The van der Waals surface area contributed by atoms with Gasteiger partial charge in [-0.3, -0.25) is 4.98 Å². The second-order valence-electron chi connectivity index (χ2n) is 4.59. The summed E-state index contributed by atoms with van der Waals surface area (Å²) in [6, 6.07) is 8.41. The molecule has 3 heteroatoms. The van der Waals surface area contributed by atoms with E-state index in [2.05, 4.69) is 36.3 Å². The molecule has 0 aromatic carbocycles. The van der Waals surface area contributed by atoms with Gasteiger partial charge < -0.3 is 9.73 Å². The van der Waals surface area contributed by atoms with Gasteiger partial charge in [-0.15, -0.1) is 0 Å². The SMILES string of the molecule is CCNC(Cc1ccc(C)cn1)c1ccc(C)o1. The number of nitrogens with one attached hydrogen (secondary N) is 1. The van der Waals surface area contributed by atoms with Gasteiger partial charge in [-0.2, -0.15) is 0 Å². The van der Waals surface area contributed by atoms with Gasteiger partial charge in [0.2, 0.25) is 0 Å². The van der Waals surface area contributed by atoms with Gasteiger partial charge in [0.15, 0.2) is 0 Å². The summed E-state index contributed by atoms with van der Waals surface area (Å²) in [4.78, 5) is 4.45. The van der Waals surface area contributed by atoms with Crippen LogP contribution in [0.15, 0.2) is 34.9 Å². The topological polar surface area (TPSA) is 38.1 Å². The van der Waals surface area contributed by atoms with Gasteiger partial charge in [-0.05, 0) is 44.2 Å². The molecular formula is C15H20N2O. The van der Waals surface area contributed by atoms with Crippen LogP contribution in [0.2, 0.25) is 0 Å². The number of hydrogen-bond donors (Lipinski definition) is 1. The highest BCUT2D eigenvalue weighted by molar-refractivity contribution is 5.16. The Balaban J connectivity index is 2.13. The summed E-state index contributed by atoms with van der Waals surface area (Å²) in [7, 11) is 0. The predicted octanol–water partition coefficient (Wildman–Crippen LogP) is 3.18. The van der Waals surface area contributed by atoms with Crippen molar-refractivity contribution in [3.8, 4) is 0 Å². The molecule has 0 aliphatic heterocycles. The summed E-state index contributed by atoms with van der Waals surface area (Å²) < 4.78 is 5.70. The first-order valence-corrected chi connectivity index (χ1v) is 6.40. The third-order valence-electron chi connectivity index (χ3n) is 2.94. The lowest BCUT2D eigenvalue weighted by atomic mass is 10.1. The zero-order valence-corrected chi connectivity index (χ0v) is 11.2. The van der Waals surface area contributed by atoms with E-state index in [1.807, 2.05) is 25.3 Å². The molecule has 2 heterocycles. The third kappa shape index (κ3) is 3.20. The van der Waals surface area contributed by atoms with Gasteiger partial charge in [0.05, 0.1) is 6.04 Å². The van der Waals surface area contributed by atoms with Gasteiger partial charge >= 0.3 is 0 Å². The quantitative estimate of drug-likeness (QED) is 0.877. The number of furan rings is 1. The van der Waals surface area contributed by atoms with Crippen LogP contribution in [0.3, 0.4) is 0 Å². The second-order valence-corrected chi connectivity index (χ2v) is 4.59. The maximum absolute atomic E-state index is 5.70. The van der Waals surface area contributed by atoms with Crippen LogP contribution in [0.1, 0.15) is 35.7 Å². The van der Waals surface area contributed by atoms with Crippen molar-refractivity contribution < 1.29 is 4.42 Å². The van der Waals surface area contributed by atoms with E-state index < -0.39 is 0 Å². The minimum Gasteiger partial charge on any atom is -0.465 e. The first kappa shape index (κ1) is 12.8. The fourth-order valence-corrected chi connectivity index (χ4v) is 1.99. The lowest BCUT2D eigenvalue weighted by Crippen LogP contribution is -2.22. The maximum atomic E-state index is 5.70. The standard InChI is InChI=1S/C15H20N2O/c1-4-16-14(15-8-6-12(3)18-15)9-13-7-5-11(2)10-17-13/h5-8,10,14,16H,4,9H2,1-3H3. The molecule has 0 bridgehead atoms. The number of nitrogens with zero attached hydrogens (tertiary/aromatic N) is 1. The van der Waals surface area contributed by atoms with Crippen LogP contribution in [-0.4, -0.2) is 11.5 Å². The summed E-state index contributed by atoms with van der Waals surface area (Å²) >= 11 is 0. The van der Waals surface area contributed by atoms with Crippen molar-refractivity contribution in [3.05, 3.63) is 53.2 Å². The van der Waals surface area contributed by atoms with Crippen LogP contribution < -0.4 is 5.32 Å². The maximum Gasteiger partial charge on any atom is 0.121 e. The molecular weight excluding hydrogens is 224 g/mol. The summed E-state index contributed by atoms with van der Waals surface area (Å²) in [6.07, 6.45) is 2.76. The summed E-state index contributed by atoms with van der Waals surface area (Å²) in [5.74, 6) is 1.93. The minimum absolute atomic E-state index is 0.193. The number of aromatic nitrogens is 1. The molecule has 0 aliphatic rings. The van der Waals surface area contributed by atoms with Crippen LogP contribution >= 0.6 is 0 Å². The first-order chi connectivity index (χ1) is 8.69. The normalized spacial score (nSPS) is 12.6. The zero-order chi connectivity index (χ0) is 13.0. The van der Waals surface area contributed by atoms with Gasteiger partial charge in [0.1, 0.15) is 11.5 Å². The number of pyridine rings is 1. The van der Waals surface area contributed by atoms with Gasteiger partial charge in [-0.1, -0.05) is 13.0 Å². The molecule has 18 heavy (non-hydrogen) atoms. The molecule has 0 saturated heterocycles. The van der Waals surface area contributed by atoms with Crippen LogP contribution in [0, 0.1) is 13.8 Å². The Kier molecular flexibility index (Phi) is 4.15. The molecule has 0 fully saturated rings. The van der Waals surface area contributed by atoms with E-state index in [1.165, 1.54) is 5.56 Å². The zero-order valence-electron chi connectivity index (χ0n) is 11.2. The summed E-state index contributed by atoms with van der Waals surface area (Å²) in [5, 5.41) is 3.44. The number of aryl methyl sites for hydroxylation is 2. The van der Waals surface area contributed by atoms with Gasteiger partial charge in [0, 0.05) is 18.3 Å². The molecule has 1 atom stereocenters. The molecule has 96 valence electrons. The lowest BCUT2D eigenvalue weighted by molar-refractivity contribution is 0.401. The van der Waals surface area contributed by atoms with Crippen molar-refractivity contribution in [1.29, 1.82) is 0 Å². The van der Waals surface area contributed by atoms with Crippen molar-refractivity contribution in [3.63, 3.8) is 0 Å². The van der Waals surface area contributed by atoms with Crippen molar-refractivity contribution in [2.45, 2.75) is 33.2 Å². The smallest absolute Gasteiger partial charge is 0.121 e. The van der Waals surface area contributed by atoms with Crippen LogP contribution in [0.25, 0.3) is 0 Å². The van der Waals surface area contributed by atoms with E-state index in [-0.39, 0.29) is 6.04 Å². The molecule has 2 aromatic heterocycles. The Labute approximate surface area is 108 Å². The highest BCUT2D eigenvalue weighted by Gasteiger charge is 2.15. The van der Waals surface area contributed by atoms with Crippen molar-refractivity contribution in [1.82, 2.24) is 10.3 Å². The molecule has 3 nitrogen and oxygen atoms in total. The van der Waals surface area contributed by atoms with Crippen molar-refractivity contribution in [2.24, 2.45) is 0 Å². The molecule has 1 N–H and O–H groups in total. The van der Waals surface area contributed by atoms with E-state index in [9.17, 15) is 0 Å². The number of rotatable bonds is 5. The Morgan fingerprint density at radius 1 is 1.22 bits per heavy atom. The Hall–Kier alpha value is -1.61. The molecule has 1 unspecified atom stereocenters. The molecule has 2 rings (SSSR count). The summed E-state index contributed by atoms with van der Waals surface area (Å²) in [6.45, 7) is 7.03. The summed E-state index contributed by atoms with van der Waals surface area (Å²) in [5.41, 5.74) is 2.27. The second kappa shape index (κ2) is 5.83. The van der Waals surface area contributed by atoms with Gasteiger partial charge in [-0.25, -0.2) is 0 Å². The molecule has 0 amide bonds. The van der Waals surface area contributed by atoms with E-state index in [1.54, 1.807) is 0 Å². The number of hydrogen-bond acceptors (Lipinski definition) is 3. The molecule has 0 spiro atoms. The third-order valence-corrected chi connectivity index (χ3v) is 2.94. The fraction of sp³-hybridized carbons (Fsp3) is 0.400. The Morgan fingerprint density at radius 2 is 2.06 bits per heavy atom. The largest absolute Gasteiger partial charge is 0.465 e. The molecule has 0 aliphatic carbocycles. The minimum atomic E-state index is 0.193. The van der Waals surface area contributed by atoms with Crippen LogP contribution in [0.5, 0.6) is 0 Å². The van der Waals surface area contributed by atoms with Gasteiger partial charge in [0.25, 0.3) is 0 Å². The average molecular weight is 244 g/mol. The Bertz CT molecular complexity index is 487. The first-order valence-electron chi connectivity index (χ1n) is 6.40. The van der Waals surface area contributed by atoms with Crippen LogP contribution in [-0.2, 0) is 6.42 Å². The van der Waals surface area contributed by atoms with E-state index >= 15 is 0 Å². The highest BCUT2D eigenvalue weighted by Crippen LogP contribution is 2.20. The van der Waals surface area contributed by atoms with Crippen molar-refractivity contribution >= 4 is 0 Å². The van der Waals surface area contributed by atoms with Crippen molar-refractivity contribution in [2.75, 3.05) is 6.54 Å². The van der Waals surface area contributed by atoms with E-state index in [0.29, 0.717) is 0 Å². The lowest BCUT2D eigenvalue weighted by Gasteiger charge is -2.15. The Morgan fingerprint density at radius 3 is 2.61 bits per heavy atom.